The monoisotopic (exact) mass is 269 g/mol. The number of hydrogen-bond donors (Lipinski definition) is 1. The topological polar surface area (TPSA) is 39.2 Å². The van der Waals surface area contributed by atoms with Crippen LogP contribution in [-0.4, -0.2) is 0 Å². The normalized spacial score (nSPS) is 12.7. The van der Waals surface area contributed by atoms with Gasteiger partial charge < -0.3 is 10.2 Å². The second-order valence-corrected chi connectivity index (χ2v) is 4.64. The Bertz CT molecular complexity index is 522. The molecule has 0 spiro atoms. The summed E-state index contributed by atoms with van der Waals surface area (Å²) in [5.74, 6) is 0.883. The quantitative estimate of drug-likeness (QED) is 0.907. The predicted octanol–water partition coefficient (Wildman–Crippen LogP) is 4.20. The summed E-state index contributed by atoms with van der Waals surface area (Å²) in [6, 6.07) is 6.86. The van der Waals surface area contributed by atoms with Crippen LogP contribution < -0.4 is 5.73 Å². The van der Waals surface area contributed by atoms with E-state index in [4.69, 9.17) is 33.4 Å². The number of aryl methyl sites for hydroxylation is 1. The van der Waals surface area contributed by atoms with Gasteiger partial charge in [0.05, 0.1) is 12.3 Å². The van der Waals surface area contributed by atoms with Crippen LogP contribution >= 0.6 is 23.2 Å². The van der Waals surface area contributed by atoms with Crippen molar-refractivity contribution < 1.29 is 4.42 Å². The number of hydrogen-bond acceptors (Lipinski definition) is 2. The van der Waals surface area contributed by atoms with Gasteiger partial charge in [-0.1, -0.05) is 30.1 Å². The van der Waals surface area contributed by atoms with Crippen LogP contribution in [-0.2, 0) is 6.42 Å². The summed E-state index contributed by atoms with van der Waals surface area (Å²) in [6.07, 6.45) is 2.45. The van der Waals surface area contributed by atoms with Gasteiger partial charge in [0.15, 0.2) is 0 Å². The molecule has 2 aromatic rings. The molecule has 2 N–H and O–H groups in total. The van der Waals surface area contributed by atoms with Crippen LogP contribution in [0, 0.1) is 0 Å². The Balaban J connectivity index is 2.43. The molecule has 1 atom stereocenters. The van der Waals surface area contributed by atoms with Gasteiger partial charge in [-0.3, -0.25) is 0 Å². The molecule has 2 nitrogen and oxygen atoms in total. The highest BCUT2D eigenvalue weighted by molar-refractivity contribution is 6.33. The van der Waals surface area contributed by atoms with Crippen molar-refractivity contribution in [2.45, 2.75) is 19.4 Å². The fourth-order valence-electron chi connectivity index (χ4n) is 1.84. The zero-order valence-corrected chi connectivity index (χ0v) is 10.9. The lowest BCUT2D eigenvalue weighted by Gasteiger charge is -2.14. The first-order valence-electron chi connectivity index (χ1n) is 5.40. The Labute approximate surface area is 110 Å². The van der Waals surface area contributed by atoms with Gasteiger partial charge in [0.2, 0.25) is 0 Å². The zero-order chi connectivity index (χ0) is 12.4. The first-order chi connectivity index (χ1) is 8.13. The fourth-order valence-corrected chi connectivity index (χ4v) is 2.25. The Kier molecular flexibility index (Phi) is 3.77. The van der Waals surface area contributed by atoms with Crippen LogP contribution in [0.1, 0.15) is 29.9 Å². The van der Waals surface area contributed by atoms with Gasteiger partial charge in [0, 0.05) is 22.0 Å². The van der Waals surface area contributed by atoms with E-state index in [0.29, 0.717) is 10.0 Å². The van der Waals surface area contributed by atoms with Crippen molar-refractivity contribution in [3.8, 4) is 0 Å². The van der Waals surface area contributed by atoms with E-state index in [-0.39, 0.29) is 6.04 Å². The van der Waals surface area contributed by atoms with E-state index in [1.807, 2.05) is 13.0 Å². The molecule has 0 bridgehead atoms. The van der Waals surface area contributed by atoms with Gasteiger partial charge in [-0.05, 0) is 29.8 Å². The Hall–Kier alpha value is -0.960. The van der Waals surface area contributed by atoms with Gasteiger partial charge >= 0.3 is 0 Å². The molecule has 90 valence electrons. The summed E-state index contributed by atoms with van der Waals surface area (Å²) in [7, 11) is 0. The van der Waals surface area contributed by atoms with E-state index in [9.17, 15) is 0 Å². The van der Waals surface area contributed by atoms with Crippen LogP contribution in [0.15, 0.2) is 34.9 Å². The first-order valence-corrected chi connectivity index (χ1v) is 6.16. The third-order valence-electron chi connectivity index (χ3n) is 2.73. The molecule has 0 radical (unpaired) electrons. The molecule has 0 aliphatic heterocycles. The van der Waals surface area contributed by atoms with Gasteiger partial charge in [-0.25, -0.2) is 0 Å². The highest BCUT2D eigenvalue weighted by Crippen LogP contribution is 2.31. The third-order valence-corrected chi connectivity index (χ3v) is 3.31. The van der Waals surface area contributed by atoms with Crippen LogP contribution in [0.4, 0.5) is 0 Å². The summed E-state index contributed by atoms with van der Waals surface area (Å²) in [5.41, 5.74) is 7.97. The number of nitrogens with two attached hydrogens (primary N) is 1. The third kappa shape index (κ3) is 2.49. The molecule has 17 heavy (non-hydrogen) atoms. The van der Waals surface area contributed by atoms with E-state index < -0.39 is 0 Å². The highest BCUT2D eigenvalue weighted by Gasteiger charge is 2.17. The summed E-state index contributed by atoms with van der Waals surface area (Å²) < 4.78 is 5.37. The minimum atomic E-state index is -0.310. The molecule has 4 heteroatoms. The molecule has 0 aliphatic carbocycles. The van der Waals surface area contributed by atoms with E-state index in [0.717, 1.165) is 23.3 Å². The maximum Gasteiger partial charge on any atom is 0.108 e. The van der Waals surface area contributed by atoms with Crippen molar-refractivity contribution in [2.75, 3.05) is 0 Å². The molecular weight excluding hydrogens is 257 g/mol. The molecule has 0 fully saturated rings. The van der Waals surface area contributed by atoms with Crippen molar-refractivity contribution in [3.63, 3.8) is 0 Å². The SMILES string of the molecule is CCc1occc1C(N)c1cc(Cl)ccc1Cl. The first kappa shape index (κ1) is 12.5. The number of furan rings is 1. The summed E-state index contributed by atoms with van der Waals surface area (Å²) in [5, 5.41) is 1.24. The maximum absolute atomic E-state index is 6.20. The van der Waals surface area contributed by atoms with Crippen LogP contribution in [0.25, 0.3) is 0 Å². The van der Waals surface area contributed by atoms with Crippen molar-refractivity contribution >= 4 is 23.2 Å². The zero-order valence-electron chi connectivity index (χ0n) is 9.41. The number of benzene rings is 1. The lowest BCUT2D eigenvalue weighted by Crippen LogP contribution is -2.13. The average Bonchev–Trinajstić information content (AvgIpc) is 2.79. The van der Waals surface area contributed by atoms with E-state index in [2.05, 4.69) is 0 Å². The average molecular weight is 270 g/mol. The molecule has 1 unspecified atom stereocenters. The fraction of sp³-hybridized carbons (Fsp3) is 0.231. The summed E-state index contributed by atoms with van der Waals surface area (Å²) in [4.78, 5) is 0. The van der Waals surface area contributed by atoms with Crippen molar-refractivity contribution in [1.29, 1.82) is 0 Å². The number of halogens is 2. The van der Waals surface area contributed by atoms with Crippen molar-refractivity contribution in [3.05, 3.63) is 57.5 Å². The lowest BCUT2D eigenvalue weighted by atomic mass is 9.99. The van der Waals surface area contributed by atoms with Crippen LogP contribution in [0.5, 0.6) is 0 Å². The Morgan fingerprint density at radius 2 is 2.00 bits per heavy atom. The molecule has 2 rings (SSSR count). The van der Waals surface area contributed by atoms with Crippen LogP contribution in [0.3, 0.4) is 0 Å². The summed E-state index contributed by atoms with van der Waals surface area (Å²) >= 11 is 12.1. The molecule has 1 aromatic heterocycles. The largest absolute Gasteiger partial charge is 0.469 e. The summed E-state index contributed by atoms with van der Waals surface area (Å²) in [6.45, 7) is 2.02. The minimum absolute atomic E-state index is 0.310. The minimum Gasteiger partial charge on any atom is -0.469 e. The van der Waals surface area contributed by atoms with Crippen LogP contribution in [0.2, 0.25) is 10.0 Å². The molecule has 0 saturated carbocycles. The number of rotatable bonds is 3. The molecule has 1 heterocycles. The van der Waals surface area contributed by atoms with Gasteiger partial charge in [-0.15, -0.1) is 0 Å². The van der Waals surface area contributed by atoms with Gasteiger partial charge in [-0.2, -0.15) is 0 Å². The van der Waals surface area contributed by atoms with E-state index >= 15 is 0 Å². The maximum atomic E-state index is 6.20. The highest BCUT2D eigenvalue weighted by atomic mass is 35.5. The van der Waals surface area contributed by atoms with Crippen molar-refractivity contribution in [2.24, 2.45) is 5.73 Å². The second kappa shape index (κ2) is 5.13. The lowest BCUT2D eigenvalue weighted by molar-refractivity contribution is 0.509. The standard InChI is InChI=1S/C13H13Cl2NO/c1-2-12-9(5-6-17-12)13(16)10-7-8(14)3-4-11(10)15/h3-7,13H,2,16H2,1H3. The van der Waals surface area contributed by atoms with E-state index in [1.165, 1.54) is 0 Å². The Morgan fingerprint density at radius 3 is 2.71 bits per heavy atom. The van der Waals surface area contributed by atoms with E-state index in [1.54, 1.807) is 24.5 Å². The Morgan fingerprint density at radius 1 is 1.24 bits per heavy atom. The van der Waals surface area contributed by atoms with Gasteiger partial charge in [0.25, 0.3) is 0 Å². The molecular formula is C13H13Cl2NO. The smallest absolute Gasteiger partial charge is 0.108 e. The molecule has 0 saturated heterocycles. The molecule has 0 amide bonds. The molecule has 0 aliphatic rings. The predicted molar refractivity (Wildman–Crippen MR) is 70.6 cm³/mol. The molecule has 1 aromatic carbocycles. The second-order valence-electron chi connectivity index (χ2n) is 3.80. The van der Waals surface area contributed by atoms with Gasteiger partial charge in [0.1, 0.15) is 5.76 Å². The van der Waals surface area contributed by atoms with Crippen molar-refractivity contribution in [1.82, 2.24) is 0 Å².